The van der Waals surface area contributed by atoms with Crippen molar-refractivity contribution in [1.29, 1.82) is 0 Å². The minimum Gasteiger partial charge on any atom is -0.497 e. The Kier molecular flexibility index (Phi) is 23.9. The molecule has 3 heterocycles. The molecule has 22 nitrogen and oxygen atoms in total. The molecule has 0 bridgehead atoms. The molecule has 0 spiro atoms. The van der Waals surface area contributed by atoms with Crippen LogP contribution in [0.3, 0.4) is 0 Å². The molecule has 1 fully saturated rings. The fourth-order valence-corrected chi connectivity index (χ4v) is 9.69. The zero-order chi connectivity index (χ0) is 56.0. The zero-order valence-electron chi connectivity index (χ0n) is 44.7. The van der Waals surface area contributed by atoms with Gasteiger partial charge >= 0.3 is 0 Å². The Balaban J connectivity index is 0.850. The maximum absolute atomic E-state index is 13.9. The van der Waals surface area contributed by atoms with Crippen molar-refractivity contribution in [1.82, 2.24) is 30.5 Å². The maximum Gasteiger partial charge on any atom is 0.246 e. The van der Waals surface area contributed by atoms with Crippen LogP contribution in [0, 0.1) is 13.8 Å². The van der Waals surface area contributed by atoms with E-state index in [0.29, 0.717) is 61.3 Å². The normalized spacial score (nSPS) is 14.6. The molecule has 25 heteroatoms. The minimum atomic E-state index is -3.62. The predicted molar refractivity (Wildman–Crippen MR) is 298 cm³/mol. The summed E-state index contributed by atoms with van der Waals surface area (Å²) in [5.74, 6) is 0.557. The number of ether oxygens (including phenoxy) is 7. The average Bonchev–Trinajstić information content (AvgIpc) is 4.06. The highest BCUT2D eigenvalue weighted by atomic mass is 35.5. The number of β-amino-alcohol motifs (C(OH)–C–C–N with tert-alkyl or cyclic N) is 1. The Morgan fingerprint density at radius 2 is 1.55 bits per heavy atom. The van der Waals surface area contributed by atoms with Crippen LogP contribution in [0.4, 0.5) is 28.8 Å². The Labute approximate surface area is 464 Å². The number of aliphatic hydroxyl groups is 1. The lowest BCUT2D eigenvalue weighted by molar-refractivity contribution is -0.142. The Bertz CT molecular complexity index is 2860. The predicted octanol–water partition coefficient (Wildman–Crippen LogP) is 6.53. The summed E-state index contributed by atoms with van der Waals surface area (Å²) >= 11 is 8.01. The molecule has 3 atom stereocenters. The molecule has 78 heavy (non-hydrogen) atoms. The largest absolute Gasteiger partial charge is 0.497 e. The van der Waals surface area contributed by atoms with E-state index < -0.39 is 40.0 Å². The first-order chi connectivity index (χ1) is 37.5. The Hall–Kier alpha value is -6.38. The highest BCUT2D eigenvalue weighted by Gasteiger charge is 2.41. The lowest BCUT2D eigenvalue weighted by atomic mass is 10.1. The second kappa shape index (κ2) is 30.7. The number of rotatable bonds is 33. The number of aliphatic hydroxyl groups excluding tert-OH is 1. The Morgan fingerprint density at radius 1 is 0.846 bits per heavy atom. The monoisotopic (exact) mass is 1140 g/mol. The number of aryl methyl sites for hydroxylation is 2. The molecule has 0 radical (unpaired) electrons. The molecular weight excluding hydrogens is 1070 g/mol. The summed E-state index contributed by atoms with van der Waals surface area (Å²) < 4.78 is 65.9. The van der Waals surface area contributed by atoms with Gasteiger partial charge in [0.25, 0.3) is 0 Å². The standard InChI is InChI=1S/C53H70ClN9O13S2/c1-7-8-9-10-42(52(67)63-31-38(64)26-45(63)51(66)55-29-36-11-13-37(14-12-36)49-35(3)57-33-77-49)58-48(65)32-75-22-21-73-18-17-72-19-20-74-23-24-76-47-28-43(34(2)25-46(47)71-5)60-53-56-30-40(54)50(61-53)59-41-16-15-39(70-4)27-44(41)62-78(6,68)69/h11-16,25,27-28,30,33,38,42,45,62,64H,7-10,17-24,26,29,31-32H2,1-6H3,(H,55,66)(H,58,65)(H2,56,59,60,61)/t38-,42+,45+/m1/s1. The van der Waals surface area contributed by atoms with E-state index in [4.69, 9.17) is 44.8 Å². The number of hydrogen-bond acceptors (Lipinski definition) is 19. The van der Waals surface area contributed by atoms with Crippen molar-refractivity contribution in [3.05, 3.63) is 88.1 Å². The van der Waals surface area contributed by atoms with Crippen LogP contribution in [0.15, 0.2) is 66.3 Å². The lowest BCUT2D eigenvalue weighted by Crippen LogP contribution is -2.54. The van der Waals surface area contributed by atoms with E-state index in [2.05, 4.69) is 40.9 Å². The number of methoxy groups -OCH3 is 2. The number of amides is 3. The van der Waals surface area contributed by atoms with Gasteiger partial charge in [0, 0.05) is 37.3 Å². The van der Waals surface area contributed by atoms with Crippen LogP contribution < -0.4 is 40.2 Å². The van der Waals surface area contributed by atoms with Crippen LogP contribution in [-0.2, 0) is 49.9 Å². The van der Waals surface area contributed by atoms with Crippen LogP contribution in [0.25, 0.3) is 10.4 Å². The first-order valence-corrected chi connectivity index (χ1v) is 28.6. The highest BCUT2D eigenvalue weighted by molar-refractivity contribution is 7.92. The van der Waals surface area contributed by atoms with E-state index in [1.54, 1.807) is 42.7 Å². The van der Waals surface area contributed by atoms with Crippen LogP contribution in [-0.4, -0.2) is 156 Å². The SMILES string of the molecule is CCCCC[C@H](NC(=O)COCCOCCOCCOCCOc1cc(Nc2ncc(Cl)c(Nc3ccc(OC)cc3NS(C)(=O)=O)n2)c(C)cc1OC)C(=O)N1C[C@H](O)C[C@H]1C(=O)NCc1ccc(-c2scnc2C)cc1. The minimum absolute atomic E-state index is 0.00886. The van der Waals surface area contributed by atoms with Gasteiger partial charge in [-0.15, -0.1) is 11.3 Å². The van der Waals surface area contributed by atoms with Crippen molar-refractivity contribution in [2.75, 3.05) is 102 Å². The lowest BCUT2D eigenvalue weighted by Gasteiger charge is -2.28. The van der Waals surface area contributed by atoms with Crippen molar-refractivity contribution in [3.63, 3.8) is 0 Å². The fourth-order valence-electron chi connectivity index (χ4n) is 8.17. The number of halogens is 1. The molecule has 0 unspecified atom stereocenters. The summed E-state index contributed by atoms with van der Waals surface area (Å²) in [6.07, 6.45) is 4.53. The molecule has 6 N–H and O–H groups in total. The number of carbonyl (C=O) groups excluding carboxylic acids is 3. The molecule has 3 aromatic carbocycles. The number of benzene rings is 3. The number of carbonyl (C=O) groups is 3. The molecule has 1 saturated heterocycles. The third kappa shape index (κ3) is 18.9. The van der Waals surface area contributed by atoms with E-state index in [9.17, 15) is 27.9 Å². The van der Waals surface area contributed by atoms with Gasteiger partial charge in [-0.1, -0.05) is 62.1 Å². The third-order valence-electron chi connectivity index (χ3n) is 12.1. The molecule has 424 valence electrons. The number of likely N-dealkylation sites (tertiary alicyclic amines) is 1. The van der Waals surface area contributed by atoms with Crippen molar-refractivity contribution in [2.45, 2.75) is 77.6 Å². The van der Waals surface area contributed by atoms with Crippen LogP contribution in [0.2, 0.25) is 5.02 Å². The van der Waals surface area contributed by atoms with Crippen molar-refractivity contribution < 1.29 is 61.1 Å². The van der Waals surface area contributed by atoms with Gasteiger partial charge in [-0.2, -0.15) is 4.98 Å². The first kappa shape index (κ1) is 60.8. The van der Waals surface area contributed by atoms with Gasteiger partial charge in [-0.05, 0) is 55.2 Å². The van der Waals surface area contributed by atoms with E-state index in [0.717, 1.165) is 46.4 Å². The van der Waals surface area contributed by atoms with E-state index in [-0.39, 0.29) is 87.5 Å². The molecular formula is C53H70ClN9O13S2. The number of sulfonamides is 1. The summed E-state index contributed by atoms with van der Waals surface area (Å²) in [6, 6.07) is 14.5. The molecule has 6 rings (SSSR count). The quantitative estimate of drug-likeness (QED) is 0.0244. The fraction of sp³-hybridized carbons (Fsp3) is 0.472. The van der Waals surface area contributed by atoms with Crippen LogP contribution >= 0.6 is 22.9 Å². The highest BCUT2D eigenvalue weighted by Crippen LogP contribution is 2.36. The number of anilines is 5. The number of nitrogens with one attached hydrogen (secondary N) is 5. The second-order valence-corrected chi connectivity index (χ2v) is 21.2. The molecule has 2 aromatic heterocycles. The van der Waals surface area contributed by atoms with E-state index in [1.165, 1.54) is 24.3 Å². The van der Waals surface area contributed by atoms with Gasteiger partial charge in [0.15, 0.2) is 17.3 Å². The summed E-state index contributed by atoms with van der Waals surface area (Å²) in [5, 5.41) is 22.8. The average molecular weight is 1140 g/mol. The molecule has 0 aliphatic carbocycles. The second-order valence-electron chi connectivity index (χ2n) is 18.2. The molecule has 1 aliphatic rings. The van der Waals surface area contributed by atoms with E-state index in [1.807, 2.05) is 50.5 Å². The molecule has 3 amide bonds. The van der Waals surface area contributed by atoms with Crippen LogP contribution in [0.1, 0.15) is 55.8 Å². The van der Waals surface area contributed by atoms with Gasteiger partial charge in [-0.25, -0.2) is 18.4 Å². The zero-order valence-corrected chi connectivity index (χ0v) is 47.1. The van der Waals surface area contributed by atoms with Gasteiger partial charge in [0.1, 0.15) is 36.1 Å². The number of unbranched alkanes of at least 4 members (excludes halogenated alkanes) is 2. The number of nitrogens with zero attached hydrogens (tertiary/aromatic N) is 4. The molecule has 5 aromatic rings. The van der Waals surface area contributed by atoms with Crippen molar-refractivity contribution in [2.24, 2.45) is 0 Å². The summed E-state index contributed by atoms with van der Waals surface area (Å²) in [7, 11) is -0.606. The van der Waals surface area contributed by atoms with Crippen LogP contribution in [0.5, 0.6) is 17.2 Å². The van der Waals surface area contributed by atoms with E-state index >= 15 is 0 Å². The summed E-state index contributed by atoms with van der Waals surface area (Å²) in [6.45, 7) is 7.88. The van der Waals surface area contributed by atoms with Gasteiger partial charge < -0.3 is 64.4 Å². The number of hydrogen-bond donors (Lipinski definition) is 6. The summed E-state index contributed by atoms with van der Waals surface area (Å²) in [5.41, 5.74) is 6.75. The number of aromatic nitrogens is 3. The number of thiazole rings is 1. The molecule has 1 aliphatic heterocycles. The smallest absolute Gasteiger partial charge is 0.246 e. The van der Waals surface area contributed by atoms with Crippen molar-refractivity contribution >= 4 is 79.5 Å². The Morgan fingerprint density at radius 3 is 2.21 bits per heavy atom. The van der Waals surface area contributed by atoms with Gasteiger partial charge in [0.05, 0.1) is 106 Å². The first-order valence-electron chi connectivity index (χ1n) is 25.5. The van der Waals surface area contributed by atoms with Crippen molar-refractivity contribution in [3.8, 4) is 27.7 Å². The molecule has 0 saturated carbocycles. The van der Waals surface area contributed by atoms with Gasteiger partial charge in [0.2, 0.25) is 33.7 Å². The maximum atomic E-state index is 13.9. The third-order valence-corrected chi connectivity index (χ3v) is 14.0. The van der Waals surface area contributed by atoms with Gasteiger partial charge in [-0.3, -0.25) is 19.1 Å². The topological polar surface area (TPSA) is 272 Å². The summed E-state index contributed by atoms with van der Waals surface area (Å²) in [4.78, 5) is 56.0.